The van der Waals surface area contributed by atoms with Gasteiger partial charge in [-0.15, -0.1) is 0 Å². The molecule has 0 aliphatic carbocycles. The fourth-order valence-electron chi connectivity index (χ4n) is 3.13. The molecule has 3 rings (SSSR count). The van der Waals surface area contributed by atoms with Gasteiger partial charge in [-0.05, 0) is 25.0 Å². The van der Waals surface area contributed by atoms with Crippen LogP contribution in [0.15, 0.2) is 60.8 Å². The van der Waals surface area contributed by atoms with Crippen LogP contribution in [0.2, 0.25) is 0 Å². The lowest BCUT2D eigenvalue weighted by Gasteiger charge is -2.34. The Balaban J connectivity index is 2.06. The lowest BCUT2D eigenvalue weighted by molar-refractivity contribution is 0.0905. The maximum Gasteiger partial charge on any atom is 0.319 e. The van der Waals surface area contributed by atoms with Crippen LogP contribution >= 0.6 is 0 Å². The van der Waals surface area contributed by atoms with Gasteiger partial charge in [0.05, 0.1) is 12.0 Å². The summed E-state index contributed by atoms with van der Waals surface area (Å²) in [5.41, 5.74) is 4.10. The molecule has 4 heteroatoms. The first-order valence-corrected chi connectivity index (χ1v) is 7.90. The van der Waals surface area contributed by atoms with Gasteiger partial charge in [0.25, 0.3) is 0 Å². The summed E-state index contributed by atoms with van der Waals surface area (Å²) in [6, 6.07) is 14.4. The predicted octanol–water partition coefficient (Wildman–Crippen LogP) is 3.67. The van der Waals surface area contributed by atoms with Gasteiger partial charge in [0.2, 0.25) is 0 Å². The smallest absolute Gasteiger partial charge is 0.319 e. The largest absolute Gasteiger partial charge is 0.330 e. The first kappa shape index (κ1) is 16.0. The van der Waals surface area contributed by atoms with Crippen molar-refractivity contribution in [3.63, 3.8) is 0 Å². The highest BCUT2D eigenvalue weighted by Crippen LogP contribution is 2.34. The Morgan fingerprint density at radius 1 is 1.08 bits per heavy atom. The molecule has 122 valence electrons. The number of ketones is 1. The number of benzene rings is 2. The Labute approximate surface area is 141 Å². The molecule has 24 heavy (non-hydrogen) atoms. The highest BCUT2D eigenvalue weighted by atomic mass is 16.2. The maximum absolute atomic E-state index is 13.0. The molecule has 2 aromatic carbocycles. The molecule has 1 fully saturated rings. The van der Waals surface area contributed by atoms with Crippen LogP contribution in [-0.2, 0) is 0 Å². The van der Waals surface area contributed by atoms with Gasteiger partial charge in [0, 0.05) is 11.3 Å². The monoisotopic (exact) mass is 320 g/mol. The van der Waals surface area contributed by atoms with Crippen LogP contribution in [0, 0.1) is 19.8 Å². The fourth-order valence-corrected chi connectivity index (χ4v) is 3.13. The molecule has 0 bridgehead atoms. The average molecular weight is 320 g/mol. The zero-order chi connectivity index (χ0) is 17.3. The Morgan fingerprint density at radius 2 is 1.79 bits per heavy atom. The van der Waals surface area contributed by atoms with E-state index in [-0.39, 0.29) is 11.8 Å². The summed E-state index contributed by atoms with van der Waals surface area (Å²) in [5, 5.41) is 5.55. The third kappa shape index (κ3) is 2.95. The molecule has 1 aliphatic heterocycles. The van der Waals surface area contributed by atoms with Gasteiger partial charge in [0.1, 0.15) is 0 Å². The first-order chi connectivity index (χ1) is 11.5. The van der Waals surface area contributed by atoms with E-state index in [1.54, 1.807) is 12.1 Å². The molecule has 0 saturated carbocycles. The van der Waals surface area contributed by atoms with Gasteiger partial charge in [0.15, 0.2) is 5.78 Å². The number of Topliss-reactive ketones (excluding diaryl/α,β-unsaturated/α-hetero) is 1. The normalized spacial score (nSPS) is 20.2. The summed E-state index contributed by atoms with van der Waals surface area (Å²) < 4.78 is 0. The number of urea groups is 1. The van der Waals surface area contributed by atoms with E-state index in [9.17, 15) is 9.59 Å². The zero-order valence-electron chi connectivity index (χ0n) is 13.8. The zero-order valence-corrected chi connectivity index (χ0v) is 13.8. The van der Waals surface area contributed by atoms with E-state index in [2.05, 4.69) is 17.2 Å². The molecule has 2 amide bonds. The number of carbonyl (C=O) groups is 2. The number of carbonyl (C=O) groups excluding carboxylic acids is 2. The maximum atomic E-state index is 13.0. The van der Waals surface area contributed by atoms with Crippen molar-refractivity contribution in [2.45, 2.75) is 19.9 Å². The van der Waals surface area contributed by atoms with Crippen LogP contribution in [-0.4, -0.2) is 11.8 Å². The molecule has 2 N–H and O–H groups in total. The second-order valence-electron chi connectivity index (χ2n) is 6.17. The molecule has 0 spiro atoms. The summed E-state index contributed by atoms with van der Waals surface area (Å²) in [7, 11) is 0. The number of nitrogens with one attached hydrogen (secondary N) is 2. The first-order valence-electron chi connectivity index (χ1n) is 7.90. The number of hydrogen-bond acceptors (Lipinski definition) is 2. The number of aryl methyl sites for hydroxylation is 2. The lowest BCUT2D eigenvalue weighted by atomic mass is 9.81. The highest BCUT2D eigenvalue weighted by Gasteiger charge is 2.38. The summed E-state index contributed by atoms with van der Waals surface area (Å²) in [4.78, 5) is 25.0. The molecule has 2 aromatic rings. The van der Waals surface area contributed by atoms with Gasteiger partial charge >= 0.3 is 6.03 Å². The minimum atomic E-state index is -0.550. The Hall–Kier alpha value is -2.88. The SMILES string of the molecule is C=C1NC(=O)N[C@H](c2cc(C)ccc2C)[C@H]1C(=O)c1ccccc1. The van der Waals surface area contributed by atoms with Gasteiger partial charge in [-0.1, -0.05) is 60.7 Å². The van der Waals surface area contributed by atoms with Crippen LogP contribution in [0.1, 0.15) is 33.1 Å². The average Bonchev–Trinajstić information content (AvgIpc) is 2.56. The quantitative estimate of drug-likeness (QED) is 0.848. The summed E-state index contributed by atoms with van der Waals surface area (Å²) in [6.07, 6.45) is 0. The van der Waals surface area contributed by atoms with E-state index in [1.165, 1.54) is 0 Å². The predicted molar refractivity (Wildman–Crippen MR) is 93.7 cm³/mol. The second kappa shape index (κ2) is 6.32. The van der Waals surface area contributed by atoms with Crippen molar-refractivity contribution in [1.82, 2.24) is 10.6 Å². The van der Waals surface area contributed by atoms with Gasteiger partial charge in [-0.2, -0.15) is 0 Å². The summed E-state index contributed by atoms with van der Waals surface area (Å²) in [5.74, 6) is -0.607. The van der Waals surface area contributed by atoms with E-state index in [0.717, 1.165) is 16.7 Å². The topological polar surface area (TPSA) is 58.2 Å². The second-order valence-corrected chi connectivity index (χ2v) is 6.17. The lowest BCUT2D eigenvalue weighted by Crippen LogP contribution is -2.50. The van der Waals surface area contributed by atoms with Crippen molar-refractivity contribution in [2.24, 2.45) is 5.92 Å². The molecular weight excluding hydrogens is 300 g/mol. The number of amides is 2. The van der Waals surface area contributed by atoms with Crippen molar-refractivity contribution < 1.29 is 9.59 Å². The molecule has 0 radical (unpaired) electrons. The van der Waals surface area contributed by atoms with Gasteiger partial charge in [-0.25, -0.2) is 4.79 Å². The molecule has 1 aliphatic rings. The van der Waals surface area contributed by atoms with E-state index < -0.39 is 12.0 Å². The van der Waals surface area contributed by atoms with E-state index in [4.69, 9.17) is 0 Å². The van der Waals surface area contributed by atoms with Gasteiger partial charge < -0.3 is 10.6 Å². The molecule has 4 nitrogen and oxygen atoms in total. The molecule has 1 heterocycles. The minimum Gasteiger partial charge on any atom is -0.330 e. The van der Waals surface area contributed by atoms with Crippen molar-refractivity contribution in [3.8, 4) is 0 Å². The van der Waals surface area contributed by atoms with Crippen LogP contribution < -0.4 is 10.6 Å². The Kier molecular flexibility index (Phi) is 4.21. The molecular formula is C20H20N2O2. The Morgan fingerprint density at radius 3 is 2.50 bits per heavy atom. The van der Waals surface area contributed by atoms with Crippen molar-refractivity contribution in [1.29, 1.82) is 0 Å². The summed E-state index contributed by atoms with van der Waals surface area (Å²) in [6.45, 7) is 7.90. The molecule has 0 unspecified atom stereocenters. The van der Waals surface area contributed by atoms with Crippen LogP contribution in [0.3, 0.4) is 0 Å². The number of hydrogen-bond donors (Lipinski definition) is 2. The fraction of sp³-hybridized carbons (Fsp3) is 0.200. The van der Waals surface area contributed by atoms with Crippen LogP contribution in [0.4, 0.5) is 4.79 Å². The minimum absolute atomic E-state index is 0.0565. The summed E-state index contributed by atoms with van der Waals surface area (Å²) >= 11 is 0. The van der Waals surface area contributed by atoms with E-state index in [0.29, 0.717) is 11.3 Å². The molecule has 0 aromatic heterocycles. The van der Waals surface area contributed by atoms with E-state index in [1.807, 2.05) is 50.2 Å². The van der Waals surface area contributed by atoms with Crippen LogP contribution in [0.5, 0.6) is 0 Å². The van der Waals surface area contributed by atoms with Crippen molar-refractivity contribution in [2.75, 3.05) is 0 Å². The van der Waals surface area contributed by atoms with Crippen LogP contribution in [0.25, 0.3) is 0 Å². The third-order valence-electron chi connectivity index (χ3n) is 4.38. The van der Waals surface area contributed by atoms with Crippen molar-refractivity contribution >= 4 is 11.8 Å². The van der Waals surface area contributed by atoms with Gasteiger partial charge in [-0.3, -0.25) is 4.79 Å². The van der Waals surface area contributed by atoms with E-state index >= 15 is 0 Å². The third-order valence-corrected chi connectivity index (χ3v) is 4.38. The number of rotatable bonds is 3. The Bertz CT molecular complexity index is 812. The molecule has 2 atom stereocenters. The standard InChI is InChI=1S/C20H20N2O2/c1-12-9-10-13(2)16(11-12)18-17(14(3)21-20(24)22-18)19(23)15-7-5-4-6-8-15/h4-11,17-18H,3H2,1-2H3,(H2,21,22,24)/t17-,18+/m0/s1. The van der Waals surface area contributed by atoms with Crippen molar-refractivity contribution in [3.05, 3.63) is 83.1 Å². The molecule has 1 saturated heterocycles. The highest BCUT2D eigenvalue weighted by molar-refractivity contribution is 6.01.